The SMILES string of the molecule is CCCc1nc(C)c(CC(=S)N2CCCC2)c(=O)n1Cc1ccc(-c2ccccc2-c2noc(=O)[nH]2)cc1. The van der Waals surface area contributed by atoms with Crippen LogP contribution in [0.1, 0.15) is 48.8 Å². The molecule has 9 heteroatoms. The Bertz CT molecular complexity index is 1560. The topological polar surface area (TPSA) is 97.0 Å². The van der Waals surface area contributed by atoms with Gasteiger partial charge in [0.15, 0.2) is 5.82 Å². The standard InChI is InChI=1S/C29H31N5O3S/c1-3-8-25-30-19(2)24(17-26(38)33-15-6-7-16-33)28(35)34(25)18-20-11-13-21(14-12-20)22-9-4-5-10-23(22)27-31-29(36)37-32-27/h4-5,9-14H,3,6-8,15-18H2,1-2H3,(H,31,32,36). The lowest BCUT2D eigenvalue weighted by Crippen LogP contribution is -2.34. The number of benzene rings is 2. The highest BCUT2D eigenvalue weighted by molar-refractivity contribution is 7.80. The summed E-state index contributed by atoms with van der Waals surface area (Å²) >= 11 is 5.70. The van der Waals surface area contributed by atoms with Crippen LogP contribution in [-0.4, -0.2) is 42.7 Å². The van der Waals surface area contributed by atoms with Crippen molar-refractivity contribution < 1.29 is 4.52 Å². The van der Waals surface area contributed by atoms with Crippen LogP contribution in [0.4, 0.5) is 0 Å². The summed E-state index contributed by atoms with van der Waals surface area (Å²) in [5, 5.41) is 3.84. The number of aromatic amines is 1. The molecule has 5 rings (SSSR count). The van der Waals surface area contributed by atoms with Gasteiger partial charge in [-0.15, -0.1) is 0 Å². The number of aryl methyl sites for hydroxylation is 2. The Hall–Kier alpha value is -3.85. The van der Waals surface area contributed by atoms with Crippen LogP contribution in [0.5, 0.6) is 0 Å². The van der Waals surface area contributed by atoms with Gasteiger partial charge in [-0.05, 0) is 42.9 Å². The average molecular weight is 530 g/mol. The first kappa shape index (κ1) is 25.8. The summed E-state index contributed by atoms with van der Waals surface area (Å²) in [6, 6.07) is 15.8. The number of H-pyrrole nitrogens is 1. The number of thiocarbonyl (C=S) groups is 1. The zero-order valence-electron chi connectivity index (χ0n) is 21.7. The molecule has 4 aromatic rings. The summed E-state index contributed by atoms with van der Waals surface area (Å²) < 4.78 is 6.51. The molecule has 0 radical (unpaired) electrons. The van der Waals surface area contributed by atoms with Crippen LogP contribution in [-0.2, 0) is 19.4 Å². The molecule has 0 amide bonds. The van der Waals surface area contributed by atoms with Crippen LogP contribution in [0.2, 0.25) is 0 Å². The Balaban J connectivity index is 1.44. The van der Waals surface area contributed by atoms with Crippen LogP contribution in [0.3, 0.4) is 0 Å². The van der Waals surface area contributed by atoms with E-state index in [4.69, 9.17) is 21.7 Å². The Morgan fingerprint density at radius 3 is 2.42 bits per heavy atom. The minimum Gasteiger partial charge on any atom is -0.366 e. The van der Waals surface area contributed by atoms with E-state index in [1.165, 1.54) is 0 Å². The number of aromatic nitrogens is 4. The van der Waals surface area contributed by atoms with Gasteiger partial charge >= 0.3 is 5.76 Å². The van der Waals surface area contributed by atoms with Crippen LogP contribution < -0.4 is 11.3 Å². The molecule has 1 saturated heterocycles. The molecule has 0 aliphatic carbocycles. The lowest BCUT2D eigenvalue weighted by Gasteiger charge is -2.20. The van der Waals surface area contributed by atoms with Crippen LogP contribution in [0, 0.1) is 6.92 Å². The van der Waals surface area contributed by atoms with E-state index in [0.29, 0.717) is 24.4 Å². The van der Waals surface area contributed by atoms with E-state index in [-0.39, 0.29) is 5.56 Å². The molecule has 196 valence electrons. The zero-order chi connectivity index (χ0) is 26.6. The van der Waals surface area contributed by atoms with E-state index >= 15 is 0 Å². The van der Waals surface area contributed by atoms with E-state index < -0.39 is 5.76 Å². The van der Waals surface area contributed by atoms with Gasteiger partial charge in [0.1, 0.15) is 5.82 Å². The highest BCUT2D eigenvalue weighted by atomic mass is 32.1. The van der Waals surface area contributed by atoms with Crippen molar-refractivity contribution in [1.29, 1.82) is 0 Å². The predicted molar refractivity (Wildman–Crippen MR) is 151 cm³/mol. The Labute approximate surface area is 226 Å². The number of nitrogens with zero attached hydrogens (tertiary/aromatic N) is 4. The normalized spacial score (nSPS) is 13.3. The molecule has 1 aliphatic heterocycles. The first-order valence-corrected chi connectivity index (χ1v) is 13.5. The van der Waals surface area contributed by atoms with Gasteiger partial charge in [-0.25, -0.2) is 9.78 Å². The van der Waals surface area contributed by atoms with Crippen molar-refractivity contribution in [2.24, 2.45) is 0 Å². The van der Waals surface area contributed by atoms with Crippen molar-refractivity contribution in [3.8, 4) is 22.5 Å². The fourth-order valence-corrected chi connectivity index (χ4v) is 5.35. The second-order valence-corrected chi connectivity index (χ2v) is 10.2. The van der Waals surface area contributed by atoms with Crippen molar-refractivity contribution in [2.45, 2.75) is 52.5 Å². The third-order valence-electron chi connectivity index (χ3n) is 7.04. The highest BCUT2D eigenvalue weighted by Gasteiger charge is 2.20. The van der Waals surface area contributed by atoms with Gasteiger partial charge in [0.2, 0.25) is 0 Å². The fraction of sp³-hybridized carbons (Fsp3) is 0.345. The molecule has 0 saturated carbocycles. The van der Waals surface area contributed by atoms with Crippen molar-refractivity contribution in [1.82, 2.24) is 24.6 Å². The summed E-state index contributed by atoms with van der Waals surface area (Å²) in [5.41, 5.74) is 5.11. The van der Waals surface area contributed by atoms with Crippen LogP contribution >= 0.6 is 12.2 Å². The Kier molecular flexibility index (Phi) is 7.64. The smallest absolute Gasteiger partial charge is 0.366 e. The van der Waals surface area contributed by atoms with Gasteiger partial charge in [0.05, 0.1) is 11.5 Å². The summed E-state index contributed by atoms with van der Waals surface area (Å²) in [7, 11) is 0. The largest absolute Gasteiger partial charge is 0.439 e. The molecule has 0 bridgehead atoms. The fourth-order valence-electron chi connectivity index (χ4n) is 5.03. The summed E-state index contributed by atoms with van der Waals surface area (Å²) in [4.78, 5) is 35.7. The third-order valence-corrected chi connectivity index (χ3v) is 7.44. The lowest BCUT2D eigenvalue weighted by molar-refractivity contribution is 0.388. The van der Waals surface area contributed by atoms with Crippen molar-refractivity contribution >= 4 is 17.2 Å². The molecule has 38 heavy (non-hydrogen) atoms. The minimum atomic E-state index is -0.592. The molecule has 8 nitrogen and oxygen atoms in total. The summed E-state index contributed by atoms with van der Waals surface area (Å²) in [6.45, 7) is 6.38. The van der Waals surface area contributed by atoms with Crippen molar-refractivity contribution in [3.63, 3.8) is 0 Å². The van der Waals surface area contributed by atoms with Crippen LogP contribution in [0.15, 0.2) is 62.6 Å². The second kappa shape index (κ2) is 11.3. The van der Waals surface area contributed by atoms with Gasteiger partial charge in [0.25, 0.3) is 5.56 Å². The second-order valence-electron chi connectivity index (χ2n) is 9.68. The highest BCUT2D eigenvalue weighted by Crippen LogP contribution is 2.30. The minimum absolute atomic E-state index is 0.00749. The first-order chi connectivity index (χ1) is 18.4. The van der Waals surface area contributed by atoms with E-state index in [9.17, 15) is 9.59 Å². The molecule has 1 fully saturated rings. The number of rotatable bonds is 8. The molecular formula is C29H31N5O3S. The molecular weight excluding hydrogens is 498 g/mol. The average Bonchev–Trinajstić information content (AvgIpc) is 3.62. The molecule has 3 heterocycles. The van der Waals surface area contributed by atoms with Crippen molar-refractivity contribution in [3.05, 3.63) is 92.1 Å². The maximum absolute atomic E-state index is 13.7. The molecule has 0 unspecified atom stereocenters. The van der Waals surface area contributed by atoms with Gasteiger partial charge in [0, 0.05) is 42.8 Å². The molecule has 0 spiro atoms. The quantitative estimate of drug-likeness (QED) is 0.335. The predicted octanol–water partition coefficient (Wildman–Crippen LogP) is 4.53. The maximum Gasteiger partial charge on any atom is 0.439 e. The molecule has 2 aromatic carbocycles. The molecule has 0 atom stereocenters. The Morgan fingerprint density at radius 1 is 1.05 bits per heavy atom. The molecule has 1 aliphatic rings. The van der Waals surface area contributed by atoms with Gasteiger partial charge < -0.3 is 4.90 Å². The monoisotopic (exact) mass is 529 g/mol. The Morgan fingerprint density at radius 2 is 1.76 bits per heavy atom. The third kappa shape index (κ3) is 5.38. The van der Waals surface area contributed by atoms with Crippen molar-refractivity contribution in [2.75, 3.05) is 13.1 Å². The van der Waals surface area contributed by atoms with E-state index in [1.807, 2.05) is 60.0 Å². The lowest BCUT2D eigenvalue weighted by atomic mass is 9.98. The van der Waals surface area contributed by atoms with Crippen LogP contribution in [0.25, 0.3) is 22.5 Å². The number of nitrogens with one attached hydrogen (secondary N) is 1. The molecule has 2 aromatic heterocycles. The van der Waals surface area contributed by atoms with E-state index in [0.717, 1.165) is 77.5 Å². The first-order valence-electron chi connectivity index (χ1n) is 13.1. The summed E-state index contributed by atoms with van der Waals surface area (Å²) in [5.74, 6) is 0.594. The van der Waals surface area contributed by atoms with Gasteiger partial charge in [-0.1, -0.05) is 72.8 Å². The number of hydrogen-bond donors (Lipinski definition) is 1. The van der Waals surface area contributed by atoms with Gasteiger partial charge in [-0.2, -0.15) is 0 Å². The number of hydrogen-bond acceptors (Lipinski definition) is 6. The van der Waals surface area contributed by atoms with E-state index in [1.54, 1.807) is 0 Å². The summed E-state index contributed by atoms with van der Waals surface area (Å²) in [6.07, 6.45) is 4.38. The van der Waals surface area contributed by atoms with E-state index in [2.05, 4.69) is 22.0 Å². The maximum atomic E-state index is 13.7. The molecule has 1 N–H and O–H groups in total. The number of likely N-dealkylation sites (tertiary alicyclic amines) is 1. The van der Waals surface area contributed by atoms with Gasteiger partial charge in [-0.3, -0.25) is 18.9 Å². The zero-order valence-corrected chi connectivity index (χ0v) is 22.5.